The first-order valence-electron chi connectivity index (χ1n) is 4.56. The standard InChI is InChI=1S/C8H16N2O2/c1-8(10(11)12)7-9-5-3-2-4-6-9/h8H,2-7H2,1H3. The quantitative estimate of drug-likeness (QED) is 0.473. The highest BCUT2D eigenvalue weighted by Crippen LogP contribution is 2.09. The lowest BCUT2D eigenvalue weighted by atomic mass is 10.1. The molecule has 1 heterocycles. The van der Waals surface area contributed by atoms with Crippen LogP contribution in [0, 0.1) is 10.1 Å². The van der Waals surface area contributed by atoms with E-state index in [0.29, 0.717) is 6.54 Å². The summed E-state index contributed by atoms with van der Waals surface area (Å²) in [5.41, 5.74) is 0. The highest BCUT2D eigenvalue weighted by Gasteiger charge is 2.19. The third-order valence-electron chi connectivity index (χ3n) is 2.33. The molecule has 1 unspecified atom stereocenters. The van der Waals surface area contributed by atoms with Gasteiger partial charge in [-0.3, -0.25) is 15.0 Å². The molecule has 1 fully saturated rings. The molecule has 1 saturated heterocycles. The van der Waals surface area contributed by atoms with Crippen molar-refractivity contribution in [2.45, 2.75) is 32.2 Å². The minimum Gasteiger partial charge on any atom is -0.297 e. The fraction of sp³-hybridized carbons (Fsp3) is 1.00. The van der Waals surface area contributed by atoms with E-state index in [-0.39, 0.29) is 4.92 Å². The van der Waals surface area contributed by atoms with Crippen LogP contribution in [0.15, 0.2) is 0 Å². The normalized spacial score (nSPS) is 22.1. The Hall–Kier alpha value is -0.640. The summed E-state index contributed by atoms with van der Waals surface area (Å²) in [5.74, 6) is 0. The van der Waals surface area contributed by atoms with Gasteiger partial charge in [0.15, 0.2) is 0 Å². The highest BCUT2D eigenvalue weighted by atomic mass is 16.6. The predicted octanol–water partition coefficient (Wildman–Crippen LogP) is 1.14. The minimum atomic E-state index is -0.414. The van der Waals surface area contributed by atoms with Gasteiger partial charge in [0.1, 0.15) is 0 Å². The van der Waals surface area contributed by atoms with Crippen molar-refractivity contribution in [3.05, 3.63) is 10.1 Å². The molecule has 0 amide bonds. The summed E-state index contributed by atoms with van der Waals surface area (Å²) in [6, 6.07) is -0.414. The SMILES string of the molecule is CC(CN1CCCCC1)[N+](=O)[O-]. The van der Waals surface area contributed by atoms with E-state index in [1.54, 1.807) is 6.92 Å². The molecule has 4 nitrogen and oxygen atoms in total. The van der Waals surface area contributed by atoms with Gasteiger partial charge in [-0.05, 0) is 25.9 Å². The van der Waals surface area contributed by atoms with Gasteiger partial charge in [-0.2, -0.15) is 0 Å². The van der Waals surface area contributed by atoms with Crippen LogP contribution in [-0.2, 0) is 0 Å². The molecule has 0 aromatic rings. The molecule has 0 aliphatic carbocycles. The number of nitro groups is 1. The molecule has 1 aliphatic heterocycles. The highest BCUT2D eigenvalue weighted by molar-refractivity contribution is 4.66. The van der Waals surface area contributed by atoms with E-state index in [9.17, 15) is 10.1 Å². The lowest BCUT2D eigenvalue weighted by molar-refractivity contribution is -0.518. The number of rotatable bonds is 3. The fourth-order valence-electron chi connectivity index (χ4n) is 1.58. The molecule has 0 spiro atoms. The minimum absolute atomic E-state index is 0.200. The first-order valence-corrected chi connectivity index (χ1v) is 4.56. The summed E-state index contributed by atoms with van der Waals surface area (Å²) < 4.78 is 0. The lowest BCUT2D eigenvalue weighted by Crippen LogP contribution is -2.38. The van der Waals surface area contributed by atoms with Crippen LogP contribution < -0.4 is 0 Å². The molecule has 1 atom stereocenters. The van der Waals surface area contributed by atoms with Gasteiger partial charge in [0.2, 0.25) is 6.04 Å². The maximum atomic E-state index is 10.4. The number of hydrogen-bond donors (Lipinski definition) is 0. The van der Waals surface area contributed by atoms with Crippen LogP contribution in [-0.4, -0.2) is 35.5 Å². The second kappa shape index (κ2) is 4.40. The van der Waals surface area contributed by atoms with E-state index < -0.39 is 6.04 Å². The molecule has 70 valence electrons. The summed E-state index contributed by atoms with van der Waals surface area (Å²) in [4.78, 5) is 12.3. The average Bonchev–Trinajstić information content (AvgIpc) is 2.06. The van der Waals surface area contributed by atoms with Crippen LogP contribution in [0.2, 0.25) is 0 Å². The second-order valence-corrected chi connectivity index (χ2v) is 3.50. The molecule has 0 saturated carbocycles. The van der Waals surface area contributed by atoms with Gasteiger partial charge in [0.25, 0.3) is 0 Å². The smallest absolute Gasteiger partial charge is 0.222 e. The van der Waals surface area contributed by atoms with Gasteiger partial charge in [0.05, 0.1) is 6.54 Å². The Labute approximate surface area is 72.7 Å². The molecule has 0 aromatic heterocycles. The van der Waals surface area contributed by atoms with Crippen molar-refractivity contribution in [2.24, 2.45) is 0 Å². The van der Waals surface area contributed by atoms with Gasteiger partial charge in [-0.25, -0.2) is 0 Å². The third kappa shape index (κ3) is 2.77. The Morgan fingerprint density at radius 1 is 1.42 bits per heavy atom. The second-order valence-electron chi connectivity index (χ2n) is 3.50. The molecule has 0 radical (unpaired) electrons. The molecular formula is C8H16N2O2. The van der Waals surface area contributed by atoms with Gasteiger partial charge in [-0.15, -0.1) is 0 Å². The van der Waals surface area contributed by atoms with E-state index in [1.807, 2.05) is 0 Å². The number of hydrogen-bond acceptors (Lipinski definition) is 3. The monoisotopic (exact) mass is 172 g/mol. The lowest BCUT2D eigenvalue weighted by Gasteiger charge is -2.26. The summed E-state index contributed by atoms with van der Waals surface area (Å²) >= 11 is 0. The van der Waals surface area contributed by atoms with Crippen LogP contribution in [0.1, 0.15) is 26.2 Å². The predicted molar refractivity (Wildman–Crippen MR) is 46.7 cm³/mol. The first-order chi connectivity index (χ1) is 5.70. The van der Waals surface area contributed by atoms with Crippen LogP contribution in [0.25, 0.3) is 0 Å². The van der Waals surface area contributed by atoms with Crippen LogP contribution in [0.4, 0.5) is 0 Å². The Balaban J connectivity index is 2.24. The Morgan fingerprint density at radius 3 is 2.50 bits per heavy atom. The topological polar surface area (TPSA) is 46.4 Å². The average molecular weight is 172 g/mol. The summed E-state index contributed by atoms with van der Waals surface area (Å²) in [6.07, 6.45) is 3.68. The molecule has 0 bridgehead atoms. The van der Waals surface area contributed by atoms with Crippen LogP contribution in [0.5, 0.6) is 0 Å². The van der Waals surface area contributed by atoms with Gasteiger partial charge in [-0.1, -0.05) is 6.42 Å². The molecule has 4 heteroatoms. The zero-order valence-corrected chi connectivity index (χ0v) is 7.53. The Bertz CT molecular complexity index is 155. The van der Waals surface area contributed by atoms with Crippen molar-refractivity contribution in [3.63, 3.8) is 0 Å². The van der Waals surface area contributed by atoms with E-state index in [1.165, 1.54) is 19.3 Å². The zero-order valence-electron chi connectivity index (χ0n) is 7.53. The van der Waals surface area contributed by atoms with E-state index in [4.69, 9.17) is 0 Å². The Kier molecular flexibility index (Phi) is 3.47. The van der Waals surface area contributed by atoms with E-state index in [2.05, 4.69) is 4.90 Å². The van der Waals surface area contributed by atoms with E-state index >= 15 is 0 Å². The molecule has 0 N–H and O–H groups in total. The van der Waals surface area contributed by atoms with Gasteiger partial charge >= 0.3 is 0 Å². The van der Waals surface area contributed by atoms with Crippen molar-refractivity contribution in [3.8, 4) is 0 Å². The van der Waals surface area contributed by atoms with E-state index in [0.717, 1.165) is 13.1 Å². The summed E-state index contributed by atoms with van der Waals surface area (Å²) in [7, 11) is 0. The third-order valence-corrected chi connectivity index (χ3v) is 2.33. The van der Waals surface area contributed by atoms with Gasteiger partial charge < -0.3 is 0 Å². The van der Waals surface area contributed by atoms with Gasteiger partial charge in [0, 0.05) is 11.8 Å². The van der Waals surface area contributed by atoms with Crippen molar-refractivity contribution in [2.75, 3.05) is 19.6 Å². The largest absolute Gasteiger partial charge is 0.297 e. The van der Waals surface area contributed by atoms with Crippen LogP contribution >= 0.6 is 0 Å². The fourth-order valence-corrected chi connectivity index (χ4v) is 1.58. The van der Waals surface area contributed by atoms with Crippen molar-refractivity contribution >= 4 is 0 Å². The molecule has 1 aliphatic rings. The zero-order chi connectivity index (χ0) is 8.97. The number of nitrogens with zero attached hydrogens (tertiary/aromatic N) is 2. The molecule has 1 rings (SSSR count). The number of likely N-dealkylation sites (tertiary alicyclic amines) is 1. The summed E-state index contributed by atoms with van der Waals surface area (Å²) in [5, 5.41) is 10.4. The maximum absolute atomic E-state index is 10.4. The van der Waals surface area contributed by atoms with Crippen molar-refractivity contribution < 1.29 is 4.92 Å². The first kappa shape index (κ1) is 9.45. The molecule has 0 aromatic carbocycles. The molecule has 12 heavy (non-hydrogen) atoms. The van der Waals surface area contributed by atoms with Crippen molar-refractivity contribution in [1.82, 2.24) is 4.90 Å². The molecular weight excluding hydrogens is 156 g/mol. The van der Waals surface area contributed by atoms with Crippen molar-refractivity contribution in [1.29, 1.82) is 0 Å². The van der Waals surface area contributed by atoms with Crippen LogP contribution in [0.3, 0.4) is 0 Å². The summed E-state index contributed by atoms with van der Waals surface area (Å²) in [6.45, 7) is 4.37. The Morgan fingerprint density at radius 2 is 2.00 bits per heavy atom. The number of piperidine rings is 1. The maximum Gasteiger partial charge on any atom is 0.222 e.